The summed E-state index contributed by atoms with van der Waals surface area (Å²) >= 11 is 0. The molecule has 0 radical (unpaired) electrons. The number of methoxy groups -OCH3 is 1. The van der Waals surface area contributed by atoms with Crippen LogP contribution in [0.25, 0.3) is 0 Å². The average molecular weight is 300 g/mol. The van der Waals surface area contributed by atoms with E-state index in [0.29, 0.717) is 17.2 Å². The lowest BCUT2D eigenvalue weighted by molar-refractivity contribution is 0.0696. The highest BCUT2D eigenvalue weighted by atomic mass is 16.5. The van der Waals surface area contributed by atoms with E-state index in [1.165, 1.54) is 6.07 Å². The first-order valence-electron chi connectivity index (χ1n) is 7.15. The maximum absolute atomic E-state index is 11.1. The summed E-state index contributed by atoms with van der Waals surface area (Å²) < 4.78 is 11.2. The molecule has 4 heteroatoms. The Kier molecular flexibility index (Phi) is 5.04. The van der Waals surface area contributed by atoms with E-state index in [0.717, 1.165) is 11.3 Å². The number of hydrogen-bond donors (Lipinski definition) is 1. The molecule has 4 nitrogen and oxygen atoms in total. The number of carboxylic acid groups (broad SMARTS) is 1. The van der Waals surface area contributed by atoms with E-state index in [-0.39, 0.29) is 12.2 Å². The molecule has 0 spiro atoms. The zero-order valence-corrected chi connectivity index (χ0v) is 13.0. The molecule has 0 heterocycles. The standard InChI is InChI=1S/C18H20O4/c1-12(2)15-6-4-5-7-17(15)22-11-14-10-13(18(19)20)8-9-16(14)21-3/h4-10,12H,11H2,1-3H3,(H,19,20). The summed E-state index contributed by atoms with van der Waals surface area (Å²) in [5.41, 5.74) is 2.05. The first-order chi connectivity index (χ1) is 10.5. The van der Waals surface area contributed by atoms with E-state index in [2.05, 4.69) is 13.8 Å². The topological polar surface area (TPSA) is 55.8 Å². The van der Waals surface area contributed by atoms with E-state index in [1.807, 2.05) is 24.3 Å². The quantitative estimate of drug-likeness (QED) is 0.872. The molecule has 22 heavy (non-hydrogen) atoms. The molecule has 0 amide bonds. The molecule has 0 saturated heterocycles. The second-order valence-electron chi connectivity index (χ2n) is 5.31. The number of carbonyl (C=O) groups is 1. The molecule has 2 aromatic carbocycles. The van der Waals surface area contributed by atoms with Crippen molar-refractivity contribution in [1.82, 2.24) is 0 Å². The van der Waals surface area contributed by atoms with E-state index in [4.69, 9.17) is 14.6 Å². The summed E-state index contributed by atoms with van der Waals surface area (Å²) in [7, 11) is 1.56. The average Bonchev–Trinajstić information content (AvgIpc) is 2.52. The minimum Gasteiger partial charge on any atom is -0.496 e. The third-order valence-electron chi connectivity index (χ3n) is 3.45. The summed E-state index contributed by atoms with van der Waals surface area (Å²) in [4.78, 5) is 11.1. The summed E-state index contributed by atoms with van der Waals surface area (Å²) in [5.74, 6) is 0.808. The van der Waals surface area contributed by atoms with E-state index >= 15 is 0 Å². The van der Waals surface area contributed by atoms with E-state index < -0.39 is 5.97 Å². The van der Waals surface area contributed by atoms with Crippen LogP contribution in [0, 0.1) is 0 Å². The predicted octanol–water partition coefficient (Wildman–Crippen LogP) is 4.10. The highest BCUT2D eigenvalue weighted by Crippen LogP contribution is 2.28. The van der Waals surface area contributed by atoms with Crippen LogP contribution < -0.4 is 9.47 Å². The van der Waals surface area contributed by atoms with Gasteiger partial charge in [-0.3, -0.25) is 0 Å². The number of carboxylic acids is 1. The van der Waals surface area contributed by atoms with Gasteiger partial charge in [-0.2, -0.15) is 0 Å². The van der Waals surface area contributed by atoms with Crippen LogP contribution in [0.2, 0.25) is 0 Å². The van der Waals surface area contributed by atoms with Gasteiger partial charge in [-0.25, -0.2) is 4.79 Å². The minimum absolute atomic E-state index is 0.219. The fourth-order valence-electron chi connectivity index (χ4n) is 2.27. The smallest absolute Gasteiger partial charge is 0.335 e. The van der Waals surface area contributed by atoms with Crippen molar-refractivity contribution < 1.29 is 19.4 Å². The van der Waals surface area contributed by atoms with Crippen molar-refractivity contribution in [1.29, 1.82) is 0 Å². The second-order valence-corrected chi connectivity index (χ2v) is 5.31. The summed E-state index contributed by atoms with van der Waals surface area (Å²) in [5, 5.41) is 9.09. The fraction of sp³-hybridized carbons (Fsp3) is 0.278. The molecule has 0 saturated carbocycles. The number of aromatic carboxylic acids is 1. The highest BCUT2D eigenvalue weighted by molar-refractivity contribution is 5.88. The Morgan fingerprint density at radius 3 is 2.50 bits per heavy atom. The molecule has 0 aromatic heterocycles. The lowest BCUT2D eigenvalue weighted by Crippen LogP contribution is -2.04. The number of benzene rings is 2. The van der Waals surface area contributed by atoms with Crippen molar-refractivity contribution in [3.8, 4) is 11.5 Å². The molecule has 0 bridgehead atoms. The van der Waals surface area contributed by atoms with Crippen molar-refractivity contribution in [3.63, 3.8) is 0 Å². The van der Waals surface area contributed by atoms with Gasteiger partial charge in [-0.15, -0.1) is 0 Å². The van der Waals surface area contributed by atoms with Gasteiger partial charge in [-0.1, -0.05) is 32.0 Å². The first kappa shape index (κ1) is 15.9. The minimum atomic E-state index is -0.966. The van der Waals surface area contributed by atoms with Gasteiger partial charge in [0, 0.05) is 5.56 Å². The van der Waals surface area contributed by atoms with Crippen molar-refractivity contribution in [2.45, 2.75) is 26.4 Å². The van der Waals surface area contributed by atoms with Crippen LogP contribution >= 0.6 is 0 Å². The Balaban J connectivity index is 2.24. The van der Waals surface area contributed by atoms with Gasteiger partial charge in [0.15, 0.2) is 0 Å². The number of rotatable bonds is 6. The lowest BCUT2D eigenvalue weighted by atomic mass is 10.0. The zero-order chi connectivity index (χ0) is 16.1. The lowest BCUT2D eigenvalue weighted by Gasteiger charge is -2.15. The molecular weight excluding hydrogens is 280 g/mol. The zero-order valence-electron chi connectivity index (χ0n) is 13.0. The van der Waals surface area contributed by atoms with E-state index in [9.17, 15) is 4.79 Å². The number of hydrogen-bond acceptors (Lipinski definition) is 3. The number of para-hydroxylation sites is 1. The third-order valence-corrected chi connectivity index (χ3v) is 3.45. The fourth-order valence-corrected chi connectivity index (χ4v) is 2.27. The molecule has 1 N–H and O–H groups in total. The van der Waals surface area contributed by atoms with Gasteiger partial charge in [0.2, 0.25) is 0 Å². The molecule has 2 aromatic rings. The number of ether oxygens (including phenoxy) is 2. The largest absolute Gasteiger partial charge is 0.496 e. The summed E-state index contributed by atoms with van der Waals surface area (Å²) in [6.07, 6.45) is 0. The second kappa shape index (κ2) is 6.98. The van der Waals surface area contributed by atoms with Gasteiger partial charge < -0.3 is 14.6 Å². The normalized spacial score (nSPS) is 10.5. The highest BCUT2D eigenvalue weighted by Gasteiger charge is 2.11. The van der Waals surface area contributed by atoms with Crippen molar-refractivity contribution >= 4 is 5.97 Å². The third kappa shape index (κ3) is 3.58. The van der Waals surface area contributed by atoms with Crippen LogP contribution in [0.4, 0.5) is 0 Å². The molecule has 2 rings (SSSR count). The summed E-state index contributed by atoms with van der Waals surface area (Å²) in [6.45, 7) is 4.47. The molecule has 0 unspecified atom stereocenters. The molecule has 0 aliphatic carbocycles. The van der Waals surface area contributed by atoms with Crippen LogP contribution in [0.15, 0.2) is 42.5 Å². The molecule has 0 aliphatic rings. The Hall–Kier alpha value is -2.49. The molecule has 0 fully saturated rings. The maximum atomic E-state index is 11.1. The van der Waals surface area contributed by atoms with Crippen LogP contribution in [0.3, 0.4) is 0 Å². The Morgan fingerprint density at radius 2 is 1.86 bits per heavy atom. The van der Waals surface area contributed by atoms with Gasteiger partial charge in [0.1, 0.15) is 18.1 Å². The Morgan fingerprint density at radius 1 is 1.14 bits per heavy atom. The van der Waals surface area contributed by atoms with Crippen LogP contribution in [0.5, 0.6) is 11.5 Å². The summed E-state index contributed by atoms with van der Waals surface area (Å²) in [6, 6.07) is 12.6. The Labute approximate surface area is 130 Å². The molecule has 116 valence electrons. The Bertz CT molecular complexity index is 662. The predicted molar refractivity (Wildman–Crippen MR) is 84.8 cm³/mol. The SMILES string of the molecule is COc1ccc(C(=O)O)cc1COc1ccccc1C(C)C. The van der Waals surface area contributed by atoms with Gasteiger partial charge in [0.25, 0.3) is 0 Å². The maximum Gasteiger partial charge on any atom is 0.335 e. The van der Waals surface area contributed by atoms with Crippen molar-refractivity contribution in [2.24, 2.45) is 0 Å². The van der Waals surface area contributed by atoms with Crippen molar-refractivity contribution in [2.75, 3.05) is 7.11 Å². The first-order valence-corrected chi connectivity index (χ1v) is 7.15. The monoisotopic (exact) mass is 300 g/mol. The van der Waals surface area contributed by atoms with E-state index in [1.54, 1.807) is 19.2 Å². The molecule has 0 aliphatic heterocycles. The van der Waals surface area contributed by atoms with Gasteiger partial charge in [-0.05, 0) is 35.7 Å². The van der Waals surface area contributed by atoms with Crippen LogP contribution in [0.1, 0.15) is 41.3 Å². The molecule has 0 atom stereocenters. The van der Waals surface area contributed by atoms with Crippen molar-refractivity contribution in [3.05, 3.63) is 59.2 Å². The van der Waals surface area contributed by atoms with Gasteiger partial charge >= 0.3 is 5.97 Å². The van der Waals surface area contributed by atoms with Crippen LogP contribution in [-0.4, -0.2) is 18.2 Å². The van der Waals surface area contributed by atoms with Gasteiger partial charge in [0.05, 0.1) is 12.7 Å². The van der Waals surface area contributed by atoms with Crippen LogP contribution in [-0.2, 0) is 6.61 Å². The molecular formula is C18H20O4.